The van der Waals surface area contributed by atoms with E-state index in [1.54, 1.807) is 20.3 Å². The van der Waals surface area contributed by atoms with Crippen molar-refractivity contribution in [2.75, 3.05) is 38.8 Å². The zero-order valence-electron chi connectivity index (χ0n) is 12.9. The van der Waals surface area contributed by atoms with Crippen LogP contribution < -0.4 is 10.2 Å². The summed E-state index contributed by atoms with van der Waals surface area (Å²) in [6.45, 7) is 5.02. The number of anilines is 1. The highest BCUT2D eigenvalue weighted by Gasteiger charge is 2.34. The average Bonchev–Trinajstić information content (AvgIpc) is 2.91. The number of hydrogen-bond acceptors (Lipinski definition) is 5. The molecule has 1 aliphatic rings. The number of rotatable bonds is 7. The van der Waals surface area contributed by atoms with E-state index in [9.17, 15) is 4.39 Å². The fourth-order valence-electron chi connectivity index (χ4n) is 2.66. The molecule has 1 N–H and O–H groups in total. The predicted molar refractivity (Wildman–Crippen MR) is 80.0 cm³/mol. The molecule has 2 heterocycles. The number of aromatic nitrogens is 1. The van der Waals surface area contributed by atoms with E-state index in [-0.39, 0.29) is 18.0 Å². The number of ether oxygens (including phenoxy) is 2. The SMILES string of the molecule is CCCNCc1cc(F)cnc1N1CC(OC)C(OC)C1. The molecule has 0 bridgehead atoms. The van der Waals surface area contributed by atoms with Gasteiger partial charge in [0.2, 0.25) is 0 Å². The molecule has 2 atom stereocenters. The van der Waals surface area contributed by atoms with Crippen molar-refractivity contribution in [1.82, 2.24) is 10.3 Å². The van der Waals surface area contributed by atoms with Crippen molar-refractivity contribution in [2.45, 2.75) is 32.1 Å². The highest BCUT2D eigenvalue weighted by atomic mass is 19.1. The van der Waals surface area contributed by atoms with Crippen LogP contribution in [-0.4, -0.2) is 51.0 Å². The summed E-state index contributed by atoms with van der Waals surface area (Å²) in [5.74, 6) is 0.499. The fourth-order valence-corrected chi connectivity index (χ4v) is 2.66. The zero-order chi connectivity index (χ0) is 15.2. The number of pyridine rings is 1. The summed E-state index contributed by atoms with van der Waals surface area (Å²) in [5, 5.41) is 3.30. The van der Waals surface area contributed by atoms with E-state index >= 15 is 0 Å². The van der Waals surface area contributed by atoms with Gasteiger partial charge in [0.05, 0.1) is 6.20 Å². The first-order chi connectivity index (χ1) is 10.2. The standard InChI is InChI=1S/C15H24FN3O2/c1-4-5-17-7-11-6-12(16)8-18-15(11)19-9-13(20-2)14(10-19)21-3/h6,8,13-14,17H,4-5,7,9-10H2,1-3H3. The third-order valence-electron chi connectivity index (χ3n) is 3.77. The van der Waals surface area contributed by atoms with Gasteiger partial charge in [-0.3, -0.25) is 0 Å². The van der Waals surface area contributed by atoms with Crippen molar-refractivity contribution in [3.05, 3.63) is 23.6 Å². The Hall–Kier alpha value is -1.24. The summed E-state index contributed by atoms with van der Waals surface area (Å²) in [6, 6.07) is 1.55. The Morgan fingerprint density at radius 3 is 2.57 bits per heavy atom. The topological polar surface area (TPSA) is 46.6 Å². The van der Waals surface area contributed by atoms with E-state index in [1.165, 1.54) is 6.20 Å². The van der Waals surface area contributed by atoms with Gasteiger partial charge in [0.25, 0.3) is 0 Å². The second-order valence-electron chi connectivity index (χ2n) is 5.27. The van der Waals surface area contributed by atoms with Crippen LogP contribution in [0.3, 0.4) is 0 Å². The quantitative estimate of drug-likeness (QED) is 0.774. The molecule has 0 amide bonds. The Bertz CT molecular complexity index is 447. The summed E-state index contributed by atoms with van der Waals surface area (Å²) >= 11 is 0. The summed E-state index contributed by atoms with van der Waals surface area (Å²) in [4.78, 5) is 6.38. The van der Waals surface area contributed by atoms with E-state index < -0.39 is 0 Å². The van der Waals surface area contributed by atoms with Crippen molar-refractivity contribution in [3.63, 3.8) is 0 Å². The van der Waals surface area contributed by atoms with Gasteiger partial charge in [0, 0.05) is 39.4 Å². The molecule has 2 unspecified atom stereocenters. The van der Waals surface area contributed by atoms with E-state index in [0.717, 1.165) is 24.3 Å². The van der Waals surface area contributed by atoms with E-state index in [4.69, 9.17) is 9.47 Å². The van der Waals surface area contributed by atoms with Crippen LogP contribution in [0.5, 0.6) is 0 Å². The highest BCUT2D eigenvalue weighted by Crippen LogP contribution is 2.25. The maximum atomic E-state index is 13.5. The Labute approximate surface area is 125 Å². The van der Waals surface area contributed by atoms with E-state index in [1.807, 2.05) is 0 Å². The van der Waals surface area contributed by atoms with Crippen molar-refractivity contribution in [2.24, 2.45) is 0 Å². The summed E-state index contributed by atoms with van der Waals surface area (Å²) in [6.07, 6.45) is 2.33. The molecular formula is C15H24FN3O2. The number of nitrogens with one attached hydrogen (secondary N) is 1. The lowest BCUT2D eigenvalue weighted by molar-refractivity contribution is -0.00461. The smallest absolute Gasteiger partial charge is 0.141 e. The van der Waals surface area contributed by atoms with Gasteiger partial charge in [-0.25, -0.2) is 9.37 Å². The van der Waals surface area contributed by atoms with Crippen LogP contribution in [0.2, 0.25) is 0 Å². The van der Waals surface area contributed by atoms with Gasteiger partial charge in [-0.1, -0.05) is 6.92 Å². The first-order valence-electron chi connectivity index (χ1n) is 7.35. The highest BCUT2D eigenvalue weighted by molar-refractivity contribution is 5.48. The third kappa shape index (κ3) is 3.90. The third-order valence-corrected chi connectivity index (χ3v) is 3.77. The van der Waals surface area contributed by atoms with Crippen molar-refractivity contribution >= 4 is 5.82 Å². The Balaban J connectivity index is 2.15. The first kappa shape index (κ1) is 16.1. The summed E-state index contributed by atoms with van der Waals surface area (Å²) in [5.41, 5.74) is 0.870. The molecule has 0 saturated carbocycles. The molecular weight excluding hydrogens is 273 g/mol. The van der Waals surface area contributed by atoms with Crippen molar-refractivity contribution in [3.8, 4) is 0 Å². The van der Waals surface area contributed by atoms with E-state index in [2.05, 4.69) is 22.1 Å². The van der Waals surface area contributed by atoms with Gasteiger partial charge < -0.3 is 19.7 Å². The second kappa shape index (κ2) is 7.68. The lowest BCUT2D eigenvalue weighted by atomic mass is 10.2. The van der Waals surface area contributed by atoms with E-state index in [0.29, 0.717) is 19.6 Å². The molecule has 1 fully saturated rings. The molecule has 1 saturated heterocycles. The van der Waals surface area contributed by atoms with Gasteiger partial charge >= 0.3 is 0 Å². The van der Waals surface area contributed by atoms with Crippen molar-refractivity contribution in [1.29, 1.82) is 0 Å². The normalized spacial score (nSPS) is 22.0. The van der Waals surface area contributed by atoms with Crippen LogP contribution in [0.25, 0.3) is 0 Å². The molecule has 0 spiro atoms. The van der Waals surface area contributed by atoms with Crippen molar-refractivity contribution < 1.29 is 13.9 Å². The second-order valence-corrected chi connectivity index (χ2v) is 5.27. The van der Waals surface area contributed by atoms with Gasteiger partial charge in [-0.05, 0) is 19.0 Å². The Morgan fingerprint density at radius 2 is 2.00 bits per heavy atom. The molecule has 1 aliphatic heterocycles. The van der Waals surface area contributed by atoms with Gasteiger partial charge in [0.1, 0.15) is 23.8 Å². The van der Waals surface area contributed by atoms with Crippen LogP contribution in [0.1, 0.15) is 18.9 Å². The van der Waals surface area contributed by atoms with Crippen LogP contribution in [0.15, 0.2) is 12.3 Å². The average molecular weight is 297 g/mol. The van der Waals surface area contributed by atoms with Crippen LogP contribution >= 0.6 is 0 Å². The molecule has 0 aliphatic carbocycles. The largest absolute Gasteiger partial charge is 0.377 e. The summed E-state index contributed by atoms with van der Waals surface area (Å²) in [7, 11) is 3.37. The molecule has 6 heteroatoms. The Morgan fingerprint density at radius 1 is 1.33 bits per heavy atom. The minimum atomic E-state index is -0.308. The predicted octanol–water partition coefficient (Wildman–Crippen LogP) is 1.57. The molecule has 1 aromatic rings. The molecule has 5 nitrogen and oxygen atoms in total. The van der Waals surface area contributed by atoms with Gasteiger partial charge in [0.15, 0.2) is 0 Å². The number of halogens is 1. The van der Waals surface area contributed by atoms with Crippen LogP contribution in [0.4, 0.5) is 10.2 Å². The molecule has 1 aromatic heterocycles. The number of hydrogen-bond donors (Lipinski definition) is 1. The first-order valence-corrected chi connectivity index (χ1v) is 7.35. The molecule has 0 aromatic carbocycles. The minimum Gasteiger partial charge on any atom is -0.377 e. The molecule has 118 valence electrons. The Kier molecular flexibility index (Phi) is 5.90. The maximum absolute atomic E-state index is 13.5. The lowest BCUT2D eigenvalue weighted by Crippen LogP contribution is -2.27. The van der Waals surface area contributed by atoms with Gasteiger partial charge in [-0.15, -0.1) is 0 Å². The zero-order valence-corrected chi connectivity index (χ0v) is 12.9. The molecule has 2 rings (SSSR count). The number of methoxy groups -OCH3 is 2. The van der Waals surface area contributed by atoms with Gasteiger partial charge in [-0.2, -0.15) is 0 Å². The monoisotopic (exact) mass is 297 g/mol. The van der Waals surface area contributed by atoms with Crippen LogP contribution in [-0.2, 0) is 16.0 Å². The summed E-state index contributed by atoms with van der Waals surface area (Å²) < 4.78 is 24.4. The lowest BCUT2D eigenvalue weighted by Gasteiger charge is -2.20. The molecule has 0 radical (unpaired) electrons. The minimum absolute atomic E-state index is 0.0123. The maximum Gasteiger partial charge on any atom is 0.141 e. The number of nitrogens with zero attached hydrogens (tertiary/aromatic N) is 2. The van der Waals surface area contributed by atoms with Crippen LogP contribution in [0, 0.1) is 5.82 Å². The molecule has 21 heavy (non-hydrogen) atoms. The fraction of sp³-hybridized carbons (Fsp3) is 0.667.